The van der Waals surface area contributed by atoms with Crippen molar-refractivity contribution >= 4 is 5.91 Å². The monoisotopic (exact) mass is 500 g/mol. The molecule has 0 bridgehead atoms. The van der Waals surface area contributed by atoms with Gasteiger partial charge < -0.3 is 9.64 Å². The van der Waals surface area contributed by atoms with Crippen LogP contribution in [0.2, 0.25) is 0 Å². The standard InChI is InChI=1S/C30H36N4O3/c1-18-15-20(3)27(31-16-18)23-13-14-33(17-23)30(36)26-21(4)34(28-19(2)7-6-8-24(28)37-5)25(32-29(26)35)12-11-22-9-10-22/h6-8,15-16,22-23H,9-14,17H2,1-5H3. The van der Waals surface area contributed by atoms with Crippen LogP contribution in [0.4, 0.5) is 0 Å². The first-order chi connectivity index (χ1) is 17.8. The molecule has 2 fully saturated rings. The van der Waals surface area contributed by atoms with E-state index in [1.165, 1.54) is 12.8 Å². The second-order valence-electron chi connectivity index (χ2n) is 10.7. The van der Waals surface area contributed by atoms with Crippen LogP contribution >= 0.6 is 0 Å². The molecule has 0 radical (unpaired) electrons. The summed E-state index contributed by atoms with van der Waals surface area (Å²) in [7, 11) is 1.64. The fourth-order valence-corrected chi connectivity index (χ4v) is 5.70. The maximum absolute atomic E-state index is 13.8. The Bertz CT molecular complexity index is 1410. The van der Waals surface area contributed by atoms with Crippen LogP contribution in [0, 0.1) is 33.6 Å². The number of aromatic nitrogens is 3. The van der Waals surface area contributed by atoms with Gasteiger partial charge in [0, 0.05) is 43.0 Å². The third-order valence-electron chi connectivity index (χ3n) is 7.85. The normalized spacial score (nSPS) is 17.3. The number of rotatable bonds is 7. The molecular formula is C30H36N4O3. The minimum absolute atomic E-state index is 0.148. The van der Waals surface area contributed by atoms with Gasteiger partial charge >= 0.3 is 0 Å². The number of likely N-dealkylation sites (tertiary alicyclic amines) is 1. The first kappa shape index (κ1) is 25.2. The molecule has 1 amide bonds. The Kier molecular flexibility index (Phi) is 6.88. The second-order valence-corrected chi connectivity index (χ2v) is 10.7. The molecule has 194 valence electrons. The SMILES string of the molecule is COc1cccc(C)c1-n1c(CCC2CC2)nc(=O)c(C(=O)N2CCC(c3ncc(C)cc3C)C2)c1C. The molecule has 1 unspecified atom stereocenters. The van der Waals surface area contributed by atoms with Crippen molar-refractivity contribution in [2.45, 2.75) is 65.7 Å². The Balaban J connectivity index is 1.54. The lowest BCUT2D eigenvalue weighted by atomic mass is 9.99. The first-order valence-electron chi connectivity index (χ1n) is 13.3. The molecule has 1 aromatic carbocycles. The number of hydrogen-bond acceptors (Lipinski definition) is 5. The van der Waals surface area contributed by atoms with Crippen molar-refractivity contribution in [3.8, 4) is 11.4 Å². The van der Waals surface area contributed by atoms with Gasteiger partial charge in [0.1, 0.15) is 17.1 Å². The maximum atomic E-state index is 13.8. The summed E-state index contributed by atoms with van der Waals surface area (Å²) in [4.78, 5) is 38.2. The van der Waals surface area contributed by atoms with Crippen LogP contribution in [0.3, 0.4) is 0 Å². The topological polar surface area (TPSA) is 77.3 Å². The number of methoxy groups -OCH3 is 1. The summed E-state index contributed by atoms with van der Waals surface area (Å²) in [6.45, 7) is 9.13. The van der Waals surface area contributed by atoms with Gasteiger partial charge in [-0.2, -0.15) is 4.98 Å². The molecule has 5 rings (SSSR count). The smallest absolute Gasteiger partial charge is 0.286 e. The highest BCUT2D eigenvalue weighted by atomic mass is 16.5. The predicted octanol–water partition coefficient (Wildman–Crippen LogP) is 4.84. The number of aryl methyl sites for hydroxylation is 4. The molecule has 1 atom stereocenters. The summed E-state index contributed by atoms with van der Waals surface area (Å²) < 4.78 is 7.70. The van der Waals surface area contributed by atoms with E-state index in [2.05, 4.69) is 23.0 Å². The van der Waals surface area contributed by atoms with Gasteiger partial charge in [0.25, 0.3) is 11.5 Å². The van der Waals surface area contributed by atoms with E-state index in [4.69, 9.17) is 4.74 Å². The summed E-state index contributed by atoms with van der Waals surface area (Å²) in [6.07, 6.45) is 6.86. The zero-order valence-electron chi connectivity index (χ0n) is 22.5. The molecule has 1 saturated carbocycles. The molecule has 7 nitrogen and oxygen atoms in total. The van der Waals surface area contributed by atoms with Gasteiger partial charge in [0.2, 0.25) is 0 Å². The third-order valence-corrected chi connectivity index (χ3v) is 7.85. The predicted molar refractivity (Wildman–Crippen MR) is 144 cm³/mol. The highest BCUT2D eigenvalue weighted by Gasteiger charge is 2.33. The molecule has 3 aromatic rings. The Morgan fingerprint density at radius 1 is 1.11 bits per heavy atom. The lowest BCUT2D eigenvalue weighted by Crippen LogP contribution is -2.36. The highest BCUT2D eigenvalue weighted by Crippen LogP contribution is 2.35. The molecule has 7 heteroatoms. The number of pyridine rings is 1. The molecule has 1 aliphatic heterocycles. The molecule has 1 aliphatic carbocycles. The largest absolute Gasteiger partial charge is 0.495 e. The lowest BCUT2D eigenvalue weighted by Gasteiger charge is -2.24. The number of carbonyl (C=O) groups is 1. The van der Waals surface area contributed by atoms with Gasteiger partial charge in [0.05, 0.1) is 12.8 Å². The molecule has 0 N–H and O–H groups in total. The van der Waals surface area contributed by atoms with E-state index in [0.29, 0.717) is 42.7 Å². The minimum atomic E-state index is -0.440. The van der Waals surface area contributed by atoms with Crippen molar-refractivity contribution in [1.29, 1.82) is 0 Å². The zero-order chi connectivity index (χ0) is 26.3. The summed E-state index contributed by atoms with van der Waals surface area (Å²) >= 11 is 0. The van der Waals surface area contributed by atoms with Gasteiger partial charge in [-0.05, 0) is 69.2 Å². The van der Waals surface area contributed by atoms with Crippen LogP contribution in [0.25, 0.3) is 5.69 Å². The van der Waals surface area contributed by atoms with Gasteiger partial charge in [-0.1, -0.05) is 31.0 Å². The highest BCUT2D eigenvalue weighted by molar-refractivity contribution is 5.95. The molecule has 2 aromatic heterocycles. The van der Waals surface area contributed by atoms with E-state index in [0.717, 1.165) is 40.9 Å². The van der Waals surface area contributed by atoms with Gasteiger partial charge in [-0.15, -0.1) is 0 Å². The van der Waals surface area contributed by atoms with Crippen LogP contribution in [-0.4, -0.2) is 45.5 Å². The Hall–Kier alpha value is -3.48. The van der Waals surface area contributed by atoms with Crippen molar-refractivity contribution in [2.24, 2.45) is 5.92 Å². The van der Waals surface area contributed by atoms with Crippen LogP contribution in [0.1, 0.15) is 75.9 Å². The van der Waals surface area contributed by atoms with Crippen LogP contribution < -0.4 is 10.3 Å². The van der Waals surface area contributed by atoms with E-state index in [1.807, 2.05) is 49.7 Å². The summed E-state index contributed by atoms with van der Waals surface area (Å²) in [6, 6.07) is 8.01. The summed E-state index contributed by atoms with van der Waals surface area (Å²) in [5.41, 5.74) is 5.48. The third kappa shape index (κ3) is 4.91. The Morgan fingerprint density at radius 3 is 2.59 bits per heavy atom. The van der Waals surface area contributed by atoms with E-state index in [-0.39, 0.29) is 17.4 Å². The van der Waals surface area contributed by atoms with E-state index in [9.17, 15) is 9.59 Å². The molecule has 1 saturated heterocycles. The number of nitrogens with zero attached hydrogens (tertiary/aromatic N) is 4. The van der Waals surface area contributed by atoms with Crippen molar-refractivity contribution < 1.29 is 9.53 Å². The van der Waals surface area contributed by atoms with E-state index in [1.54, 1.807) is 12.0 Å². The average Bonchev–Trinajstić information content (AvgIpc) is 3.57. The summed E-state index contributed by atoms with van der Waals surface area (Å²) in [5, 5.41) is 0. The summed E-state index contributed by atoms with van der Waals surface area (Å²) in [5.74, 6) is 2.00. The first-order valence-corrected chi connectivity index (χ1v) is 13.3. The van der Waals surface area contributed by atoms with Gasteiger partial charge in [0.15, 0.2) is 0 Å². The molecule has 3 heterocycles. The lowest BCUT2D eigenvalue weighted by molar-refractivity contribution is 0.0787. The van der Waals surface area contributed by atoms with Crippen LogP contribution in [-0.2, 0) is 6.42 Å². The van der Waals surface area contributed by atoms with E-state index >= 15 is 0 Å². The number of para-hydroxylation sites is 1. The van der Waals surface area contributed by atoms with Crippen molar-refractivity contribution in [3.63, 3.8) is 0 Å². The molecule has 0 spiro atoms. The number of ether oxygens (including phenoxy) is 1. The molecule has 37 heavy (non-hydrogen) atoms. The van der Waals surface area contributed by atoms with Crippen LogP contribution in [0.5, 0.6) is 5.75 Å². The maximum Gasteiger partial charge on any atom is 0.286 e. The quantitative estimate of drug-likeness (QED) is 0.464. The minimum Gasteiger partial charge on any atom is -0.495 e. The van der Waals surface area contributed by atoms with Gasteiger partial charge in [-0.25, -0.2) is 0 Å². The fraction of sp³-hybridized carbons (Fsp3) is 0.467. The second kappa shape index (κ2) is 10.1. The molecular weight excluding hydrogens is 464 g/mol. The van der Waals surface area contributed by atoms with Crippen molar-refractivity contribution in [3.05, 3.63) is 80.3 Å². The number of hydrogen-bond donors (Lipinski definition) is 0. The Labute approximate surface area is 218 Å². The van der Waals surface area contributed by atoms with Gasteiger partial charge in [-0.3, -0.25) is 19.1 Å². The zero-order valence-corrected chi connectivity index (χ0v) is 22.5. The number of amides is 1. The Morgan fingerprint density at radius 2 is 1.89 bits per heavy atom. The van der Waals surface area contributed by atoms with Crippen LogP contribution in [0.15, 0.2) is 35.3 Å². The number of carbonyl (C=O) groups excluding carboxylic acids is 1. The van der Waals surface area contributed by atoms with Crippen molar-refractivity contribution in [1.82, 2.24) is 19.4 Å². The molecule has 2 aliphatic rings. The fourth-order valence-electron chi connectivity index (χ4n) is 5.70. The van der Waals surface area contributed by atoms with E-state index < -0.39 is 5.56 Å². The average molecular weight is 501 g/mol. The van der Waals surface area contributed by atoms with Crippen molar-refractivity contribution in [2.75, 3.05) is 20.2 Å². The number of benzene rings is 1.